The largest absolute Gasteiger partial charge is 0.481 e. The molecule has 6 heteroatoms. The Labute approximate surface area is 136 Å². The number of carbonyl (C=O) groups excluding carboxylic acids is 1. The molecule has 1 N–H and O–H groups in total. The van der Waals surface area contributed by atoms with Gasteiger partial charge in [0.25, 0.3) is 0 Å². The van der Waals surface area contributed by atoms with Crippen molar-refractivity contribution < 1.29 is 14.7 Å². The monoisotopic (exact) mass is 319 g/mol. The quantitative estimate of drug-likeness (QED) is 0.922. The molecule has 0 aromatic carbocycles. The Morgan fingerprint density at radius 3 is 2.48 bits per heavy atom. The predicted octanol–water partition coefficient (Wildman–Crippen LogP) is 2.11. The molecule has 1 saturated carbocycles. The van der Waals surface area contributed by atoms with Gasteiger partial charge in [-0.25, -0.2) is 0 Å². The standard InChI is InChI=1S/C17H25N3O3/c1-2-20-11-15(10-18-20)12-5-7-19(8-6-12)16(21)13-3-4-14(9-13)17(22)23/h10-14H,2-9H2,1H3,(H,22,23)/t13-,14+/m1/s1. The Morgan fingerprint density at radius 2 is 1.91 bits per heavy atom. The number of aliphatic carboxylic acids is 1. The summed E-state index contributed by atoms with van der Waals surface area (Å²) in [5, 5.41) is 13.4. The van der Waals surface area contributed by atoms with Crippen molar-refractivity contribution in [1.29, 1.82) is 0 Å². The number of piperidine rings is 1. The summed E-state index contributed by atoms with van der Waals surface area (Å²) in [6, 6.07) is 0. The number of carboxylic acid groups (broad SMARTS) is 1. The zero-order valence-electron chi connectivity index (χ0n) is 13.6. The van der Waals surface area contributed by atoms with E-state index >= 15 is 0 Å². The van der Waals surface area contributed by atoms with E-state index < -0.39 is 5.97 Å². The molecular formula is C17H25N3O3. The fraction of sp³-hybridized carbons (Fsp3) is 0.706. The number of amides is 1. The number of aryl methyl sites for hydroxylation is 1. The maximum atomic E-state index is 12.6. The van der Waals surface area contributed by atoms with Crippen LogP contribution in [0.1, 0.15) is 50.5 Å². The molecule has 3 rings (SSSR count). The lowest BCUT2D eigenvalue weighted by Crippen LogP contribution is -2.41. The third kappa shape index (κ3) is 3.41. The number of hydrogen-bond donors (Lipinski definition) is 1. The minimum atomic E-state index is -0.757. The second-order valence-corrected chi connectivity index (χ2v) is 6.77. The van der Waals surface area contributed by atoms with Gasteiger partial charge in [0.05, 0.1) is 12.1 Å². The topological polar surface area (TPSA) is 75.4 Å². The van der Waals surface area contributed by atoms with Gasteiger partial charge in [-0.1, -0.05) is 0 Å². The van der Waals surface area contributed by atoms with E-state index in [1.54, 1.807) is 0 Å². The smallest absolute Gasteiger partial charge is 0.306 e. The van der Waals surface area contributed by atoms with Crippen molar-refractivity contribution in [3.8, 4) is 0 Å². The third-order valence-corrected chi connectivity index (χ3v) is 5.39. The van der Waals surface area contributed by atoms with Crippen molar-refractivity contribution in [1.82, 2.24) is 14.7 Å². The summed E-state index contributed by atoms with van der Waals surface area (Å²) < 4.78 is 1.94. The van der Waals surface area contributed by atoms with Crippen LogP contribution in [0.25, 0.3) is 0 Å². The second-order valence-electron chi connectivity index (χ2n) is 6.77. The number of hydrogen-bond acceptors (Lipinski definition) is 3. The van der Waals surface area contributed by atoms with Gasteiger partial charge in [0.1, 0.15) is 0 Å². The summed E-state index contributed by atoms with van der Waals surface area (Å²) in [5.74, 6) is -0.532. The minimum Gasteiger partial charge on any atom is -0.481 e. The molecule has 2 aliphatic rings. The van der Waals surface area contributed by atoms with Crippen LogP contribution in [-0.2, 0) is 16.1 Å². The third-order valence-electron chi connectivity index (χ3n) is 5.39. The van der Waals surface area contributed by atoms with E-state index in [4.69, 9.17) is 5.11 Å². The fourth-order valence-electron chi connectivity index (χ4n) is 3.88. The van der Waals surface area contributed by atoms with Crippen molar-refractivity contribution >= 4 is 11.9 Å². The number of carboxylic acids is 1. The molecule has 0 radical (unpaired) electrons. The van der Waals surface area contributed by atoms with Crippen LogP contribution >= 0.6 is 0 Å². The maximum Gasteiger partial charge on any atom is 0.306 e. The SMILES string of the molecule is CCn1cc(C2CCN(C(=O)[C@@H]3CC[C@H](C(=O)O)C3)CC2)cn1. The van der Waals surface area contributed by atoms with Crippen LogP contribution in [0.4, 0.5) is 0 Å². The van der Waals surface area contributed by atoms with E-state index in [0.717, 1.165) is 38.9 Å². The van der Waals surface area contributed by atoms with Gasteiger partial charge in [-0.15, -0.1) is 0 Å². The molecule has 2 heterocycles. The van der Waals surface area contributed by atoms with E-state index in [0.29, 0.717) is 18.8 Å². The molecule has 126 valence electrons. The first-order chi connectivity index (χ1) is 11.1. The van der Waals surface area contributed by atoms with Crippen LogP contribution in [0.15, 0.2) is 12.4 Å². The van der Waals surface area contributed by atoms with Crippen molar-refractivity contribution in [2.24, 2.45) is 11.8 Å². The number of aromatic nitrogens is 2. The van der Waals surface area contributed by atoms with Crippen LogP contribution < -0.4 is 0 Å². The first-order valence-corrected chi connectivity index (χ1v) is 8.62. The van der Waals surface area contributed by atoms with E-state index in [-0.39, 0.29) is 17.7 Å². The Bertz CT molecular complexity index is 575. The molecule has 1 saturated heterocycles. The van der Waals surface area contributed by atoms with E-state index in [1.165, 1.54) is 5.56 Å². The molecular weight excluding hydrogens is 294 g/mol. The summed E-state index contributed by atoms with van der Waals surface area (Å²) in [6.07, 6.45) is 7.86. The highest BCUT2D eigenvalue weighted by molar-refractivity contribution is 5.81. The lowest BCUT2D eigenvalue weighted by atomic mass is 9.90. The highest BCUT2D eigenvalue weighted by Gasteiger charge is 2.36. The minimum absolute atomic E-state index is 0.0875. The van der Waals surface area contributed by atoms with Crippen LogP contribution in [0, 0.1) is 11.8 Å². The molecule has 1 aromatic rings. The van der Waals surface area contributed by atoms with Gasteiger partial charge >= 0.3 is 5.97 Å². The van der Waals surface area contributed by atoms with Crippen LogP contribution in [0.5, 0.6) is 0 Å². The summed E-state index contributed by atoms with van der Waals surface area (Å²) >= 11 is 0. The van der Waals surface area contributed by atoms with Crippen LogP contribution in [0.3, 0.4) is 0 Å². The number of nitrogens with zero attached hydrogens (tertiary/aromatic N) is 3. The van der Waals surface area contributed by atoms with E-state index in [1.807, 2.05) is 15.8 Å². The first-order valence-electron chi connectivity index (χ1n) is 8.62. The lowest BCUT2D eigenvalue weighted by molar-refractivity contribution is -0.141. The van der Waals surface area contributed by atoms with Crippen molar-refractivity contribution in [3.63, 3.8) is 0 Å². The predicted molar refractivity (Wildman–Crippen MR) is 84.9 cm³/mol. The molecule has 1 amide bonds. The molecule has 0 bridgehead atoms. The molecule has 1 aromatic heterocycles. The average molecular weight is 319 g/mol. The molecule has 2 atom stereocenters. The Kier molecular flexibility index (Phi) is 4.68. The molecule has 0 spiro atoms. The fourth-order valence-corrected chi connectivity index (χ4v) is 3.88. The van der Waals surface area contributed by atoms with E-state index in [2.05, 4.69) is 18.2 Å². The second kappa shape index (κ2) is 6.72. The summed E-state index contributed by atoms with van der Waals surface area (Å²) in [7, 11) is 0. The van der Waals surface area contributed by atoms with Crippen molar-refractivity contribution in [3.05, 3.63) is 18.0 Å². The Morgan fingerprint density at radius 1 is 1.22 bits per heavy atom. The Hall–Kier alpha value is -1.85. The van der Waals surface area contributed by atoms with Gasteiger partial charge in [0.15, 0.2) is 0 Å². The zero-order valence-corrected chi connectivity index (χ0v) is 13.6. The van der Waals surface area contributed by atoms with Gasteiger partial charge < -0.3 is 10.0 Å². The highest BCUT2D eigenvalue weighted by Crippen LogP contribution is 2.34. The van der Waals surface area contributed by atoms with Gasteiger partial charge in [-0.05, 0) is 50.5 Å². The van der Waals surface area contributed by atoms with Gasteiger partial charge in [0.2, 0.25) is 5.91 Å². The van der Waals surface area contributed by atoms with Gasteiger partial charge in [-0.3, -0.25) is 14.3 Å². The maximum absolute atomic E-state index is 12.6. The summed E-state index contributed by atoms with van der Waals surface area (Å²) in [5.41, 5.74) is 1.27. The highest BCUT2D eigenvalue weighted by atomic mass is 16.4. The molecule has 2 fully saturated rings. The number of likely N-dealkylation sites (tertiary alicyclic amines) is 1. The van der Waals surface area contributed by atoms with Gasteiger partial charge in [-0.2, -0.15) is 5.10 Å². The van der Waals surface area contributed by atoms with Crippen LogP contribution in [-0.4, -0.2) is 44.8 Å². The number of carbonyl (C=O) groups is 2. The summed E-state index contributed by atoms with van der Waals surface area (Å²) in [4.78, 5) is 25.6. The molecule has 1 aliphatic heterocycles. The van der Waals surface area contributed by atoms with Gasteiger partial charge in [0, 0.05) is 31.7 Å². The lowest BCUT2D eigenvalue weighted by Gasteiger charge is -2.33. The first kappa shape index (κ1) is 16.0. The van der Waals surface area contributed by atoms with Crippen LogP contribution in [0.2, 0.25) is 0 Å². The molecule has 1 aliphatic carbocycles. The summed E-state index contributed by atoms with van der Waals surface area (Å²) in [6.45, 7) is 4.50. The zero-order chi connectivity index (χ0) is 16.4. The average Bonchev–Trinajstić information content (AvgIpc) is 3.23. The van der Waals surface area contributed by atoms with Crippen molar-refractivity contribution in [2.45, 2.75) is 51.5 Å². The van der Waals surface area contributed by atoms with Crippen molar-refractivity contribution in [2.75, 3.05) is 13.1 Å². The molecule has 0 unspecified atom stereocenters. The Balaban J connectivity index is 1.52. The molecule has 23 heavy (non-hydrogen) atoms. The number of rotatable bonds is 4. The molecule has 6 nitrogen and oxygen atoms in total. The normalized spacial score (nSPS) is 25.7. The van der Waals surface area contributed by atoms with E-state index in [9.17, 15) is 9.59 Å².